The van der Waals surface area contributed by atoms with Crippen molar-refractivity contribution >= 4 is 12.6 Å². The van der Waals surface area contributed by atoms with E-state index in [0.29, 0.717) is 16.5 Å². The summed E-state index contributed by atoms with van der Waals surface area (Å²) in [5, 5.41) is 0.663. The molecule has 1 heterocycles. The second-order valence-corrected chi connectivity index (χ2v) is 5.14. The smallest absolute Gasteiger partial charge is 0.161 e. The first kappa shape index (κ1) is 14.5. The van der Waals surface area contributed by atoms with Crippen LogP contribution in [-0.4, -0.2) is 24.2 Å². The lowest BCUT2D eigenvalue weighted by molar-refractivity contribution is 0.355. The first-order chi connectivity index (χ1) is 10.7. The van der Waals surface area contributed by atoms with Crippen molar-refractivity contribution in [2.45, 2.75) is 5.03 Å². The van der Waals surface area contributed by atoms with Crippen LogP contribution in [0.2, 0.25) is 0 Å². The molecular formula is C17H16N2O2S. The van der Waals surface area contributed by atoms with Crippen molar-refractivity contribution < 1.29 is 9.47 Å². The van der Waals surface area contributed by atoms with E-state index in [9.17, 15) is 0 Å². The first-order valence-electron chi connectivity index (χ1n) is 6.79. The number of hydrogen-bond acceptors (Lipinski definition) is 4. The predicted molar refractivity (Wildman–Crippen MR) is 89.8 cm³/mol. The molecule has 0 amide bonds. The van der Waals surface area contributed by atoms with E-state index in [1.165, 1.54) is 0 Å². The molecule has 0 aliphatic heterocycles. The van der Waals surface area contributed by atoms with Crippen molar-refractivity contribution in [3.05, 3.63) is 48.5 Å². The molecule has 0 radical (unpaired) electrons. The molecule has 0 fully saturated rings. The van der Waals surface area contributed by atoms with Gasteiger partial charge in [-0.05, 0) is 18.2 Å². The highest BCUT2D eigenvalue weighted by Crippen LogP contribution is 2.33. The molecule has 5 heteroatoms. The fourth-order valence-electron chi connectivity index (χ4n) is 2.29. The average Bonchev–Trinajstić information content (AvgIpc) is 2.97. The largest absolute Gasteiger partial charge is 0.493 e. The lowest BCUT2D eigenvalue weighted by atomic mass is 10.2. The van der Waals surface area contributed by atoms with Gasteiger partial charge in [0.15, 0.2) is 11.5 Å². The number of benzene rings is 2. The highest BCUT2D eigenvalue weighted by atomic mass is 32.1. The Labute approximate surface area is 134 Å². The molecule has 2 aromatic carbocycles. The van der Waals surface area contributed by atoms with Gasteiger partial charge in [-0.1, -0.05) is 30.3 Å². The van der Waals surface area contributed by atoms with Crippen molar-refractivity contribution in [1.29, 1.82) is 0 Å². The van der Waals surface area contributed by atoms with Gasteiger partial charge in [-0.15, -0.1) is 12.6 Å². The summed E-state index contributed by atoms with van der Waals surface area (Å²) in [5.41, 5.74) is 2.86. The molecule has 22 heavy (non-hydrogen) atoms. The van der Waals surface area contributed by atoms with Crippen LogP contribution in [0.4, 0.5) is 0 Å². The van der Waals surface area contributed by atoms with Gasteiger partial charge >= 0.3 is 0 Å². The van der Waals surface area contributed by atoms with Crippen LogP contribution in [0, 0.1) is 0 Å². The molecule has 1 aromatic heterocycles. The van der Waals surface area contributed by atoms with E-state index >= 15 is 0 Å². The van der Waals surface area contributed by atoms with E-state index in [0.717, 1.165) is 22.6 Å². The molecule has 3 aromatic rings. The quantitative estimate of drug-likeness (QED) is 0.715. The Kier molecular flexibility index (Phi) is 4.06. The van der Waals surface area contributed by atoms with Crippen molar-refractivity contribution in [2.24, 2.45) is 0 Å². The van der Waals surface area contributed by atoms with Gasteiger partial charge in [0.25, 0.3) is 0 Å². The van der Waals surface area contributed by atoms with Crippen LogP contribution < -0.4 is 9.47 Å². The second-order valence-electron chi connectivity index (χ2n) is 4.72. The summed E-state index contributed by atoms with van der Waals surface area (Å²) < 4.78 is 10.6. The third kappa shape index (κ3) is 2.67. The van der Waals surface area contributed by atoms with Crippen LogP contribution in [0.1, 0.15) is 0 Å². The fraction of sp³-hybridized carbons (Fsp3) is 0.118. The molecule has 0 saturated heterocycles. The van der Waals surface area contributed by atoms with Crippen LogP contribution >= 0.6 is 12.6 Å². The molecule has 0 atom stereocenters. The van der Waals surface area contributed by atoms with Crippen LogP contribution in [-0.2, 0) is 0 Å². The van der Waals surface area contributed by atoms with E-state index in [2.05, 4.69) is 22.6 Å². The third-order valence-electron chi connectivity index (χ3n) is 3.40. The number of imidazole rings is 1. The Bertz CT molecular complexity index is 785. The van der Waals surface area contributed by atoms with Crippen LogP contribution in [0.15, 0.2) is 53.6 Å². The maximum Gasteiger partial charge on any atom is 0.161 e. The molecule has 0 aliphatic rings. The number of ether oxygens (including phenoxy) is 2. The summed E-state index contributed by atoms with van der Waals surface area (Å²) in [6.07, 6.45) is 0. The molecule has 0 bridgehead atoms. The highest BCUT2D eigenvalue weighted by molar-refractivity contribution is 7.80. The molecule has 3 rings (SSSR count). The minimum atomic E-state index is 0.663. The van der Waals surface area contributed by atoms with E-state index in [-0.39, 0.29) is 0 Å². The number of methoxy groups -OCH3 is 2. The molecule has 0 saturated carbocycles. The van der Waals surface area contributed by atoms with Crippen molar-refractivity contribution in [3.63, 3.8) is 0 Å². The predicted octanol–water partition coefficient (Wildman–Crippen LogP) is 4.05. The topological polar surface area (TPSA) is 47.1 Å². The summed E-state index contributed by atoms with van der Waals surface area (Å²) in [6, 6.07) is 15.7. The zero-order valence-electron chi connectivity index (χ0n) is 12.3. The summed E-state index contributed by atoms with van der Waals surface area (Å²) in [5.74, 6) is 2.09. The van der Waals surface area contributed by atoms with E-state index in [1.807, 2.05) is 48.5 Å². The fourth-order valence-corrected chi connectivity index (χ4v) is 2.58. The first-order valence-corrected chi connectivity index (χ1v) is 7.24. The van der Waals surface area contributed by atoms with E-state index < -0.39 is 0 Å². The van der Waals surface area contributed by atoms with Gasteiger partial charge in [-0.25, -0.2) is 4.98 Å². The highest BCUT2D eigenvalue weighted by Gasteiger charge is 2.13. The Morgan fingerprint density at radius 2 is 1.64 bits per heavy atom. The van der Waals surface area contributed by atoms with Crippen molar-refractivity contribution in [1.82, 2.24) is 9.97 Å². The van der Waals surface area contributed by atoms with Gasteiger partial charge in [0.1, 0.15) is 10.9 Å². The second kappa shape index (κ2) is 6.15. The summed E-state index contributed by atoms with van der Waals surface area (Å²) >= 11 is 4.47. The number of rotatable bonds is 4. The molecular weight excluding hydrogens is 296 g/mol. The van der Waals surface area contributed by atoms with Crippen molar-refractivity contribution in [2.75, 3.05) is 14.2 Å². The van der Waals surface area contributed by atoms with Crippen LogP contribution in [0.3, 0.4) is 0 Å². The van der Waals surface area contributed by atoms with E-state index in [4.69, 9.17) is 9.47 Å². The number of hydrogen-bond donors (Lipinski definition) is 2. The van der Waals surface area contributed by atoms with Gasteiger partial charge < -0.3 is 14.5 Å². The Balaban J connectivity index is 2.03. The minimum absolute atomic E-state index is 0.663. The van der Waals surface area contributed by atoms with Crippen LogP contribution in [0.25, 0.3) is 22.6 Å². The summed E-state index contributed by atoms with van der Waals surface area (Å²) in [4.78, 5) is 7.82. The molecule has 0 spiro atoms. The molecule has 112 valence electrons. The maximum absolute atomic E-state index is 5.33. The van der Waals surface area contributed by atoms with Crippen molar-refractivity contribution in [3.8, 4) is 34.1 Å². The van der Waals surface area contributed by atoms with E-state index in [1.54, 1.807) is 14.2 Å². The molecule has 0 unspecified atom stereocenters. The van der Waals surface area contributed by atoms with Gasteiger partial charge in [0.05, 0.1) is 19.9 Å². The Hall–Kier alpha value is -2.40. The SMILES string of the molecule is COc1ccc(-c2nc(S)c(-c3ccccc3)[nH]2)cc1OC. The third-order valence-corrected chi connectivity index (χ3v) is 3.73. The number of aromatic amines is 1. The Morgan fingerprint density at radius 1 is 0.909 bits per heavy atom. The van der Waals surface area contributed by atoms with Gasteiger partial charge in [-0.2, -0.15) is 0 Å². The standard InChI is InChI=1S/C17H16N2O2S/c1-20-13-9-8-12(10-14(13)21-2)16-18-15(17(22)19-16)11-6-4-3-5-7-11/h3-10,22H,1-2H3,(H,18,19). The maximum atomic E-state index is 5.33. The average molecular weight is 312 g/mol. The minimum Gasteiger partial charge on any atom is -0.493 e. The normalized spacial score (nSPS) is 10.5. The Morgan fingerprint density at radius 3 is 2.32 bits per heavy atom. The zero-order valence-corrected chi connectivity index (χ0v) is 13.2. The molecule has 4 nitrogen and oxygen atoms in total. The number of H-pyrrole nitrogens is 1. The zero-order chi connectivity index (χ0) is 15.5. The van der Waals surface area contributed by atoms with Crippen LogP contribution in [0.5, 0.6) is 11.5 Å². The summed E-state index contributed by atoms with van der Waals surface area (Å²) in [6.45, 7) is 0. The molecule has 0 aliphatic carbocycles. The number of thiol groups is 1. The van der Waals surface area contributed by atoms with Gasteiger partial charge in [0, 0.05) is 11.1 Å². The lowest BCUT2D eigenvalue weighted by Gasteiger charge is -2.08. The van der Waals surface area contributed by atoms with Gasteiger partial charge in [0.2, 0.25) is 0 Å². The number of aromatic nitrogens is 2. The monoisotopic (exact) mass is 312 g/mol. The lowest BCUT2D eigenvalue weighted by Crippen LogP contribution is -1.91. The van der Waals surface area contributed by atoms with Gasteiger partial charge in [-0.3, -0.25) is 0 Å². The molecule has 1 N–H and O–H groups in total. The number of nitrogens with one attached hydrogen (secondary N) is 1. The number of nitrogens with zero attached hydrogens (tertiary/aromatic N) is 1. The summed E-state index contributed by atoms with van der Waals surface area (Å²) in [7, 11) is 3.23.